The number of esters is 1. The molecular formula is C13H14F10O4. The minimum atomic E-state index is -6.62. The van der Waals surface area contributed by atoms with Crippen molar-refractivity contribution in [3.8, 4) is 0 Å². The molecule has 0 spiro atoms. The summed E-state index contributed by atoms with van der Waals surface area (Å²) in [5.41, 5.74) is -5.25. The van der Waals surface area contributed by atoms with Gasteiger partial charge in [0.05, 0.1) is 5.92 Å². The third-order valence-electron chi connectivity index (χ3n) is 4.22. The smallest absolute Gasteiger partial charge is 0.418 e. The average molecular weight is 424 g/mol. The van der Waals surface area contributed by atoms with Crippen molar-refractivity contribution >= 4 is 5.97 Å². The second-order valence-corrected chi connectivity index (χ2v) is 6.15. The van der Waals surface area contributed by atoms with Crippen LogP contribution < -0.4 is 0 Å². The lowest BCUT2D eigenvalue weighted by molar-refractivity contribution is -0.529. The highest BCUT2D eigenvalue weighted by molar-refractivity contribution is 5.72. The van der Waals surface area contributed by atoms with E-state index in [2.05, 4.69) is 9.47 Å². The molecule has 1 fully saturated rings. The van der Waals surface area contributed by atoms with Crippen LogP contribution in [0.5, 0.6) is 0 Å². The Bertz CT molecular complexity index is 583. The lowest BCUT2D eigenvalue weighted by atomic mass is 9.78. The first-order chi connectivity index (χ1) is 11.7. The Morgan fingerprint density at radius 2 is 1.59 bits per heavy atom. The van der Waals surface area contributed by atoms with E-state index in [1.807, 2.05) is 0 Å². The average Bonchev–Trinajstić information content (AvgIpc) is 2.45. The number of rotatable bonds is 3. The fourth-order valence-corrected chi connectivity index (χ4v) is 2.17. The molecule has 0 aromatic heterocycles. The van der Waals surface area contributed by atoms with E-state index >= 15 is 0 Å². The van der Waals surface area contributed by atoms with Gasteiger partial charge >= 0.3 is 36.0 Å². The molecule has 4 atom stereocenters. The van der Waals surface area contributed by atoms with Crippen LogP contribution in [0.3, 0.4) is 0 Å². The highest BCUT2D eigenvalue weighted by Gasteiger charge is 2.91. The van der Waals surface area contributed by atoms with E-state index in [1.165, 1.54) is 6.92 Å². The third-order valence-corrected chi connectivity index (χ3v) is 4.22. The van der Waals surface area contributed by atoms with Crippen LogP contribution in [0, 0.1) is 5.92 Å². The zero-order chi connectivity index (χ0) is 21.9. The topological polar surface area (TPSA) is 55.8 Å². The summed E-state index contributed by atoms with van der Waals surface area (Å²) in [7, 11) is 0. The molecule has 0 radical (unpaired) electrons. The molecule has 1 N–H and O–H groups in total. The summed E-state index contributed by atoms with van der Waals surface area (Å²) in [6.45, 7) is 1.46. The summed E-state index contributed by atoms with van der Waals surface area (Å²) >= 11 is 0. The fourth-order valence-electron chi connectivity index (χ4n) is 2.17. The number of ether oxygens (including phenoxy) is 2. The molecule has 1 heterocycles. The Kier molecular flexibility index (Phi) is 5.59. The van der Waals surface area contributed by atoms with E-state index in [-0.39, 0.29) is 6.42 Å². The van der Waals surface area contributed by atoms with Crippen LogP contribution in [0.2, 0.25) is 0 Å². The largest absolute Gasteiger partial charge is 0.462 e. The number of hydrogen-bond acceptors (Lipinski definition) is 4. The first-order valence-electron chi connectivity index (χ1n) is 7.22. The van der Waals surface area contributed by atoms with Crippen LogP contribution in [0.25, 0.3) is 0 Å². The SMILES string of the molecule is CCC(C)C(=O)OC1(C(F)(F)F)OC(C(F)(F)F)C(F)(F)C(C)(O)C1(F)F. The molecule has 0 aromatic carbocycles. The van der Waals surface area contributed by atoms with Crippen LogP contribution in [-0.2, 0) is 14.3 Å². The molecule has 0 bridgehead atoms. The van der Waals surface area contributed by atoms with Gasteiger partial charge in [0.2, 0.25) is 6.10 Å². The van der Waals surface area contributed by atoms with Crippen molar-refractivity contribution in [3.05, 3.63) is 0 Å². The number of alkyl halides is 10. The Balaban J connectivity index is 3.77. The Hall–Kier alpha value is -1.31. The molecule has 0 aromatic rings. The van der Waals surface area contributed by atoms with E-state index < -0.39 is 60.5 Å². The van der Waals surface area contributed by atoms with E-state index in [4.69, 9.17) is 0 Å². The lowest BCUT2D eigenvalue weighted by Crippen LogP contribution is -2.83. The van der Waals surface area contributed by atoms with Crippen LogP contribution in [0.1, 0.15) is 27.2 Å². The highest BCUT2D eigenvalue weighted by atomic mass is 19.4. The summed E-state index contributed by atoms with van der Waals surface area (Å²) in [6.07, 6.45) is -18.1. The summed E-state index contributed by atoms with van der Waals surface area (Å²) < 4.78 is 142. The fraction of sp³-hybridized carbons (Fsp3) is 0.923. The quantitative estimate of drug-likeness (QED) is 0.553. The summed E-state index contributed by atoms with van der Waals surface area (Å²) in [4.78, 5) is 11.6. The van der Waals surface area contributed by atoms with Crippen molar-refractivity contribution in [2.24, 2.45) is 5.92 Å². The van der Waals surface area contributed by atoms with Gasteiger partial charge in [0.15, 0.2) is 5.60 Å². The minimum Gasteiger partial charge on any atom is -0.418 e. The predicted molar refractivity (Wildman–Crippen MR) is 65.8 cm³/mol. The second-order valence-electron chi connectivity index (χ2n) is 6.15. The number of carbonyl (C=O) groups is 1. The molecule has 4 nitrogen and oxygen atoms in total. The van der Waals surface area contributed by atoms with Gasteiger partial charge in [-0.15, -0.1) is 0 Å². The lowest BCUT2D eigenvalue weighted by Gasteiger charge is -2.54. The van der Waals surface area contributed by atoms with Crippen molar-refractivity contribution < 1.29 is 63.3 Å². The van der Waals surface area contributed by atoms with Crippen molar-refractivity contribution in [1.82, 2.24) is 0 Å². The summed E-state index contributed by atoms with van der Waals surface area (Å²) in [5, 5.41) is 9.40. The molecule has 0 aliphatic carbocycles. The van der Waals surface area contributed by atoms with E-state index in [0.29, 0.717) is 0 Å². The highest BCUT2D eigenvalue weighted by Crippen LogP contribution is 2.62. The van der Waals surface area contributed by atoms with Gasteiger partial charge in [-0.1, -0.05) is 13.8 Å². The van der Waals surface area contributed by atoms with Gasteiger partial charge in [0, 0.05) is 0 Å². The first-order valence-corrected chi connectivity index (χ1v) is 7.22. The monoisotopic (exact) mass is 424 g/mol. The molecule has 0 saturated carbocycles. The molecule has 1 aliphatic rings. The second kappa shape index (κ2) is 6.36. The van der Waals surface area contributed by atoms with Gasteiger partial charge in [0.25, 0.3) is 0 Å². The van der Waals surface area contributed by atoms with Crippen LogP contribution >= 0.6 is 0 Å². The van der Waals surface area contributed by atoms with E-state index in [0.717, 1.165) is 6.92 Å². The Morgan fingerprint density at radius 3 is 1.93 bits per heavy atom. The molecule has 0 amide bonds. The number of carbonyl (C=O) groups excluding carboxylic acids is 1. The number of aliphatic hydroxyl groups is 1. The summed E-state index contributed by atoms with van der Waals surface area (Å²) in [6, 6.07) is 0. The van der Waals surface area contributed by atoms with Crippen molar-refractivity contribution in [2.45, 2.75) is 68.9 Å². The predicted octanol–water partition coefficient (Wildman–Crippen LogP) is 3.82. The standard InChI is InChI=1S/C13H14F10O4/c1-4-5(2)6(24)26-12(13(21,22)23)11(19,20)8(3,25)9(14,15)7(27-12)10(16,17)18/h5,7,25H,4H2,1-3H3. The molecular weight excluding hydrogens is 410 g/mol. The van der Waals surface area contributed by atoms with Crippen LogP contribution in [-0.4, -0.2) is 52.8 Å². The Labute approximate surface area is 145 Å². The Morgan fingerprint density at radius 1 is 1.15 bits per heavy atom. The van der Waals surface area contributed by atoms with Crippen LogP contribution in [0.15, 0.2) is 0 Å². The van der Waals surface area contributed by atoms with Crippen LogP contribution in [0.4, 0.5) is 43.9 Å². The molecule has 1 rings (SSSR count). The van der Waals surface area contributed by atoms with Crippen molar-refractivity contribution in [3.63, 3.8) is 0 Å². The van der Waals surface area contributed by atoms with Gasteiger partial charge in [-0.3, -0.25) is 4.79 Å². The van der Waals surface area contributed by atoms with Gasteiger partial charge in [-0.05, 0) is 13.3 Å². The maximum Gasteiger partial charge on any atom is 0.462 e. The zero-order valence-corrected chi connectivity index (χ0v) is 13.8. The number of hydrogen-bond donors (Lipinski definition) is 1. The molecule has 14 heteroatoms. The number of halogens is 10. The first kappa shape index (κ1) is 23.7. The molecule has 1 saturated heterocycles. The van der Waals surface area contributed by atoms with Gasteiger partial charge < -0.3 is 14.6 Å². The molecule has 4 unspecified atom stereocenters. The normalized spacial score (nSPS) is 34.8. The van der Waals surface area contributed by atoms with Gasteiger partial charge in [-0.25, -0.2) is 0 Å². The van der Waals surface area contributed by atoms with Gasteiger partial charge in [0.1, 0.15) is 0 Å². The maximum absolute atomic E-state index is 14.4. The minimum absolute atomic E-state index is 0.284. The summed E-state index contributed by atoms with van der Waals surface area (Å²) in [5.74, 6) is -21.6. The van der Waals surface area contributed by atoms with Gasteiger partial charge in [-0.2, -0.15) is 43.9 Å². The zero-order valence-electron chi connectivity index (χ0n) is 13.8. The van der Waals surface area contributed by atoms with E-state index in [9.17, 15) is 53.8 Å². The van der Waals surface area contributed by atoms with Crippen molar-refractivity contribution in [1.29, 1.82) is 0 Å². The maximum atomic E-state index is 14.4. The van der Waals surface area contributed by atoms with E-state index in [1.54, 1.807) is 0 Å². The third kappa shape index (κ3) is 3.23. The molecule has 1 aliphatic heterocycles. The molecule has 160 valence electrons. The van der Waals surface area contributed by atoms with Crippen molar-refractivity contribution in [2.75, 3.05) is 0 Å². The molecule has 27 heavy (non-hydrogen) atoms.